The molecule has 3 rings (SSSR count). The maximum Gasteiger partial charge on any atom is 0.256 e. The van der Waals surface area contributed by atoms with Crippen LogP contribution in [0.15, 0.2) is 42.7 Å². The minimum absolute atomic E-state index is 0.156. The number of carbonyl (C=O) groups excluding carboxylic acids is 1. The zero-order valence-electron chi connectivity index (χ0n) is 11.1. The topological polar surface area (TPSA) is 58.1 Å². The lowest BCUT2D eigenvalue weighted by Crippen LogP contribution is -2.20. The molecule has 2 aromatic rings. The van der Waals surface area contributed by atoms with Gasteiger partial charge in [-0.15, -0.1) is 0 Å². The zero-order valence-corrected chi connectivity index (χ0v) is 11.1. The molecule has 20 heavy (non-hydrogen) atoms. The maximum atomic E-state index is 12.1. The number of rotatable bonds is 3. The summed E-state index contributed by atoms with van der Waals surface area (Å²) in [6, 6.07) is 10.9. The van der Waals surface area contributed by atoms with Crippen LogP contribution < -0.4 is 10.2 Å². The molecule has 1 fully saturated rings. The van der Waals surface area contributed by atoms with Gasteiger partial charge < -0.3 is 10.2 Å². The van der Waals surface area contributed by atoms with Crippen molar-refractivity contribution >= 4 is 17.5 Å². The fraction of sp³-hybridized carbons (Fsp3) is 0.267. The van der Waals surface area contributed by atoms with E-state index in [4.69, 9.17) is 0 Å². The van der Waals surface area contributed by atoms with Crippen LogP contribution in [0.3, 0.4) is 0 Å². The highest BCUT2D eigenvalue weighted by Crippen LogP contribution is 2.19. The van der Waals surface area contributed by atoms with E-state index in [2.05, 4.69) is 20.2 Å². The van der Waals surface area contributed by atoms with Crippen molar-refractivity contribution in [1.82, 2.24) is 9.97 Å². The first-order valence-electron chi connectivity index (χ1n) is 6.76. The SMILES string of the molecule is O=C(Nc1cc(N2CCCC2)ncn1)c1ccccc1. The second kappa shape index (κ2) is 5.69. The summed E-state index contributed by atoms with van der Waals surface area (Å²) < 4.78 is 0. The van der Waals surface area contributed by atoms with Crippen LogP contribution in [0, 0.1) is 0 Å². The van der Waals surface area contributed by atoms with E-state index in [0.717, 1.165) is 18.9 Å². The van der Waals surface area contributed by atoms with E-state index in [1.54, 1.807) is 12.1 Å². The molecule has 102 valence electrons. The van der Waals surface area contributed by atoms with Gasteiger partial charge in [-0.1, -0.05) is 18.2 Å². The number of anilines is 2. The summed E-state index contributed by atoms with van der Waals surface area (Å²) in [5.74, 6) is 1.26. The molecule has 0 radical (unpaired) electrons. The number of carbonyl (C=O) groups is 1. The third kappa shape index (κ3) is 2.77. The Labute approximate surface area is 117 Å². The maximum absolute atomic E-state index is 12.1. The number of nitrogens with zero attached hydrogens (tertiary/aromatic N) is 3. The predicted molar refractivity (Wildman–Crippen MR) is 77.9 cm³/mol. The Bertz CT molecular complexity index is 594. The fourth-order valence-electron chi connectivity index (χ4n) is 2.31. The molecular formula is C15H16N4O. The summed E-state index contributed by atoms with van der Waals surface area (Å²) in [5.41, 5.74) is 0.619. The Morgan fingerprint density at radius 2 is 1.85 bits per heavy atom. The van der Waals surface area contributed by atoms with Crippen molar-refractivity contribution in [3.63, 3.8) is 0 Å². The largest absolute Gasteiger partial charge is 0.356 e. The van der Waals surface area contributed by atoms with Crippen LogP contribution in [-0.4, -0.2) is 29.0 Å². The highest BCUT2D eigenvalue weighted by molar-refractivity contribution is 6.03. The number of benzene rings is 1. The number of nitrogens with one attached hydrogen (secondary N) is 1. The molecule has 0 bridgehead atoms. The minimum atomic E-state index is -0.156. The lowest BCUT2D eigenvalue weighted by molar-refractivity contribution is 0.102. The van der Waals surface area contributed by atoms with E-state index < -0.39 is 0 Å². The van der Waals surface area contributed by atoms with Crippen LogP contribution in [0.5, 0.6) is 0 Å². The summed E-state index contributed by atoms with van der Waals surface area (Å²) in [4.78, 5) is 22.6. The van der Waals surface area contributed by atoms with Crippen LogP contribution in [0.1, 0.15) is 23.2 Å². The first-order valence-corrected chi connectivity index (χ1v) is 6.76. The Kier molecular flexibility index (Phi) is 3.58. The standard InChI is InChI=1S/C15H16N4O/c20-15(12-6-2-1-3-7-12)18-13-10-14(17-11-16-13)19-8-4-5-9-19/h1-3,6-7,10-11H,4-5,8-9H2,(H,16,17,18,20). The average molecular weight is 268 g/mol. The van der Waals surface area contributed by atoms with Gasteiger partial charge in [-0.2, -0.15) is 0 Å². The van der Waals surface area contributed by atoms with Gasteiger partial charge in [0.15, 0.2) is 0 Å². The molecule has 0 spiro atoms. The predicted octanol–water partition coefficient (Wildman–Crippen LogP) is 2.33. The smallest absolute Gasteiger partial charge is 0.256 e. The normalized spacial score (nSPS) is 14.3. The summed E-state index contributed by atoms with van der Waals surface area (Å²) in [5, 5.41) is 2.81. The van der Waals surface area contributed by atoms with E-state index in [1.807, 2.05) is 24.3 Å². The highest BCUT2D eigenvalue weighted by atomic mass is 16.1. The summed E-state index contributed by atoms with van der Waals surface area (Å²) >= 11 is 0. The molecule has 5 heteroatoms. The quantitative estimate of drug-likeness (QED) is 0.928. The van der Waals surface area contributed by atoms with Crippen molar-refractivity contribution in [2.45, 2.75) is 12.8 Å². The molecule has 2 heterocycles. The van der Waals surface area contributed by atoms with Crippen molar-refractivity contribution in [2.24, 2.45) is 0 Å². The molecule has 1 aromatic carbocycles. The number of hydrogen-bond donors (Lipinski definition) is 1. The first-order chi connectivity index (χ1) is 9.83. The monoisotopic (exact) mass is 268 g/mol. The molecule has 1 N–H and O–H groups in total. The van der Waals surface area contributed by atoms with Gasteiger partial charge in [0, 0.05) is 24.7 Å². The van der Waals surface area contributed by atoms with E-state index in [9.17, 15) is 4.79 Å². The number of amides is 1. The summed E-state index contributed by atoms with van der Waals surface area (Å²) in [6.07, 6.45) is 3.87. The van der Waals surface area contributed by atoms with Gasteiger partial charge in [-0.3, -0.25) is 4.79 Å². The van der Waals surface area contributed by atoms with Crippen molar-refractivity contribution in [1.29, 1.82) is 0 Å². The molecule has 1 aliphatic rings. The lowest BCUT2D eigenvalue weighted by atomic mass is 10.2. The molecule has 1 aliphatic heterocycles. The molecule has 1 aromatic heterocycles. The summed E-state index contributed by atoms with van der Waals surface area (Å²) in [6.45, 7) is 2.03. The molecule has 0 atom stereocenters. The Morgan fingerprint density at radius 1 is 1.10 bits per heavy atom. The van der Waals surface area contributed by atoms with E-state index in [1.165, 1.54) is 19.2 Å². The van der Waals surface area contributed by atoms with E-state index >= 15 is 0 Å². The van der Waals surface area contributed by atoms with Crippen LogP contribution in [-0.2, 0) is 0 Å². The first kappa shape index (κ1) is 12.6. The second-order valence-electron chi connectivity index (χ2n) is 4.78. The van der Waals surface area contributed by atoms with Gasteiger partial charge in [0.1, 0.15) is 18.0 Å². The van der Waals surface area contributed by atoms with Gasteiger partial charge in [-0.05, 0) is 25.0 Å². The van der Waals surface area contributed by atoms with Crippen molar-refractivity contribution in [3.8, 4) is 0 Å². The number of hydrogen-bond acceptors (Lipinski definition) is 4. The van der Waals surface area contributed by atoms with Gasteiger partial charge in [0.05, 0.1) is 0 Å². The Hall–Kier alpha value is -2.43. The molecular weight excluding hydrogens is 252 g/mol. The number of aromatic nitrogens is 2. The lowest BCUT2D eigenvalue weighted by Gasteiger charge is -2.16. The van der Waals surface area contributed by atoms with E-state index in [-0.39, 0.29) is 5.91 Å². The van der Waals surface area contributed by atoms with Crippen molar-refractivity contribution in [3.05, 3.63) is 48.3 Å². The Morgan fingerprint density at radius 3 is 2.60 bits per heavy atom. The zero-order chi connectivity index (χ0) is 13.8. The third-order valence-corrected chi connectivity index (χ3v) is 3.36. The van der Waals surface area contributed by atoms with Crippen LogP contribution in [0.2, 0.25) is 0 Å². The Balaban J connectivity index is 1.74. The van der Waals surface area contributed by atoms with Gasteiger partial charge >= 0.3 is 0 Å². The molecule has 1 saturated heterocycles. The summed E-state index contributed by atoms with van der Waals surface area (Å²) in [7, 11) is 0. The van der Waals surface area contributed by atoms with Gasteiger partial charge in [0.2, 0.25) is 0 Å². The third-order valence-electron chi connectivity index (χ3n) is 3.36. The van der Waals surface area contributed by atoms with Crippen molar-refractivity contribution < 1.29 is 4.79 Å². The molecule has 0 unspecified atom stereocenters. The van der Waals surface area contributed by atoms with Crippen LogP contribution >= 0.6 is 0 Å². The van der Waals surface area contributed by atoms with Gasteiger partial charge in [0.25, 0.3) is 5.91 Å². The molecule has 0 aliphatic carbocycles. The average Bonchev–Trinajstić information content (AvgIpc) is 3.03. The second-order valence-corrected chi connectivity index (χ2v) is 4.78. The fourth-order valence-corrected chi connectivity index (χ4v) is 2.31. The molecule has 0 saturated carbocycles. The van der Waals surface area contributed by atoms with Crippen LogP contribution in [0.4, 0.5) is 11.6 Å². The minimum Gasteiger partial charge on any atom is -0.356 e. The molecule has 5 nitrogen and oxygen atoms in total. The highest BCUT2D eigenvalue weighted by Gasteiger charge is 2.14. The van der Waals surface area contributed by atoms with E-state index in [0.29, 0.717) is 11.4 Å². The van der Waals surface area contributed by atoms with Crippen LogP contribution in [0.25, 0.3) is 0 Å². The molecule has 1 amide bonds. The van der Waals surface area contributed by atoms with Gasteiger partial charge in [-0.25, -0.2) is 9.97 Å². The van der Waals surface area contributed by atoms with Crippen molar-refractivity contribution in [2.75, 3.05) is 23.3 Å².